The van der Waals surface area contributed by atoms with Crippen molar-refractivity contribution in [2.75, 3.05) is 0 Å². The molecule has 0 spiro atoms. The van der Waals surface area contributed by atoms with E-state index in [2.05, 4.69) is 31.4 Å². The van der Waals surface area contributed by atoms with Crippen LogP contribution in [0.3, 0.4) is 0 Å². The number of nitrogens with one attached hydrogen (secondary N) is 1. The maximum atomic E-state index is 13.0. The fourth-order valence-corrected chi connectivity index (χ4v) is 3.55. The highest BCUT2D eigenvalue weighted by molar-refractivity contribution is 9.10. The second kappa shape index (κ2) is 7.22. The normalized spacial score (nSPS) is 14.7. The zero-order chi connectivity index (χ0) is 19.1. The van der Waals surface area contributed by atoms with Crippen molar-refractivity contribution in [3.05, 3.63) is 32.8 Å². The molecule has 0 saturated heterocycles. The summed E-state index contributed by atoms with van der Waals surface area (Å²) in [6.07, 6.45) is -1.54. The summed E-state index contributed by atoms with van der Waals surface area (Å²) in [4.78, 5) is 12.2. The van der Waals surface area contributed by atoms with Crippen LogP contribution in [0, 0.1) is 0 Å². The van der Waals surface area contributed by atoms with Gasteiger partial charge in [0.2, 0.25) is 5.91 Å². The van der Waals surface area contributed by atoms with Gasteiger partial charge in [0.25, 0.3) is 0 Å². The summed E-state index contributed by atoms with van der Waals surface area (Å²) in [7, 11) is 0. The fraction of sp³-hybridized carbons (Fsp3) is 0.533. The quantitative estimate of drug-likeness (QED) is 0.723. The predicted molar refractivity (Wildman–Crippen MR) is 91.7 cm³/mol. The van der Waals surface area contributed by atoms with Gasteiger partial charge >= 0.3 is 6.18 Å². The maximum Gasteiger partial charge on any atom is 0.436 e. The molecule has 142 valence electrons. The first kappa shape index (κ1) is 19.2. The van der Waals surface area contributed by atoms with Gasteiger partial charge in [0.1, 0.15) is 6.54 Å². The minimum absolute atomic E-state index is 0.0745. The Bertz CT molecular complexity index is 828. The molecule has 2 aromatic rings. The van der Waals surface area contributed by atoms with Crippen molar-refractivity contribution in [3.8, 4) is 0 Å². The molecule has 0 aromatic carbocycles. The molecular weight excluding hydrogens is 439 g/mol. The number of alkyl halides is 3. The van der Waals surface area contributed by atoms with E-state index in [0.29, 0.717) is 6.54 Å². The summed E-state index contributed by atoms with van der Waals surface area (Å²) in [6.45, 7) is 2.43. The zero-order valence-electron chi connectivity index (χ0n) is 13.8. The van der Waals surface area contributed by atoms with Crippen LogP contribution in [0.25, 0.3) is 0 Å². The van der Waals surface area contributed by atoms with E-state index in [1.807, 2.05) is 6.92 Å². The van der Waals surface area contributed by atoms with Crippen molar-refractivity contribution in [2.45, 2.75) is 51.5 Å². The fourth-order valence-electron chi connectivity index (χ4n) is 2.71. The van der Waals surface area contributed by atoms with Gasteiger partial charge in [-0.05, 0) is 35.7 Å². The number of carbonyl (C=O) groups is 1. The number of hydrogen-bond donors (Lipinski definition) is 1. The molecule has 0 radical (unpaired) electrons. The van der Waals surface area contributed by atoms with Gasteiger partial charge in [-0.1, -0.05) is 11.6 Å². The van der Waals surface area contributed by atoms with E-state index in [9.17, 15) is 18.0 Å². The van der Waals surface area contributed by atoms with Crippen LogP contribution < -0.4 is 5.32 Å². The van der Waals surface area contributed by atoms with Gasteiger partial charge in [-0.15, -0.1) is 0 Å². The highest BCUT2D eigenvalue weighted by atomic mass is 79.9. The van der Waals surface area contributed by atoms with Crippen molar-refractivity contribution in [3.63, 3.8) is 0 Å². The van der Waals surface area contributed by atoms with Crippen LogP contribution in [0.15, 0.2) is 10.7 Å². The number of halogens is 5. The number of nitrogens with zero attached hydrogens (tertiary/aromatic N) is 4. The molecule has 0 aliphatic heterocycles. The van der Waals surface area contributed by atoms with E-state index in [1.54, 1.807) is 10.9 Å². The molecule has 1 aliphatic rings. The number of carbonyl (C=O) groups excluding carboxylic acids is 1. The molecule has 1 aliphatic carbocycles. The van der Waals surface area contributed by atoms with E-state index in [0.717, 1.165) is 27.7 Å². The molecule has 2 aromatic heterocycles. The molecule has 1 saturated carbocycles. The third-order valence-corrected chi connectivity index (χ3v) is 5.14. The van der Waals surface area contributed by atoms with Crippen LogP contribution in [0.5, 0.6) is 0 Å². The highest BCUT2D eigenvalue weighted by Gasteiger charge is 2.42. The first-order valence-corrected chi connectivity index (χ1v) is 9.19. The van der Waals surface area contributed by atoms with Crippen molar-refractivity contribution in [1.29, 1.82) is 0 Å². The van der Waals surface area contributed by atoms with Gasteiger partial charge in [0, 0.05) is 12.5 Å². The van der Waals surface area contributed by atoms with E-state index < -0.39 is 22.8 Å². The lowest BCUT2D eigenvalue weighted by Gasteiger charge is -2.10. The minimum atomic E-state index is -4.65. The first-order valence-electron chi connectivity index (χ1n) is 8.02. The van der Waals surface area contributed by atoms with E-state index in [4.69, 9.17) is 11.6 Å². The Hall–Kier alpha value is -1.55. The molecule has 3 rings (SSSR count). The second-order valence-corrected chi connectivity index (χ2v) is 7.24. The largest absolute Gasteiger partial charge is 0.436 e. The molecule has 1 fully saturated rings. The Labute approximate surface area is 160 Å². The monoisotopic (exact) mass is 453 g/mol. The second-order valence-electron chi connectivity index (χ2n) is 6.01. The Morgan fingerprint density at radius 3 is 2.69 bits per heavy atom. The summed E-state index contributed by atoms with van der Waals surface area (Å²) in [5.41, 5.74) is -0.0765. The van der Waals surface area contributed by atoms with E-state index >= 15 is 0 Å². The van der Waals surface area contributed by atoms with E-state index in [-0.39, 0.29) is 24.7 Å². The van der Waals surface area contributed by atoms with Gasteiger partial charge in [-0.3, -0.25) is 14.2 Å². The lowest BCUT2D eigenvalue weighted by Crippen LogP contribution is -2.29. The number of aromatic nitrogens is 4. The van der Waals surface area contributed by atoms with Crippen molar-refractivity contribution in [2.24, 2.45) is 0 Å². The lowest BCUT2D eigenvalue weighted by atomic mass is 10.2. The van der Waals surface area contributed by atoms with Crippen LogP contribution in [0.1, 0.15) is 42.8 Å². The van der Waals surface area contributed by atoms with E-state index in [1.165, 1.54) is 0 Å². The van der Waals surface area contributed by atoms with Crippen molar-refractivity contribution < 1.29 is 18.0 Å². The smallest absolute Gasteiger partial charge is 0.349 e. The van der Waals surface area contributed by atoms with Gasteiger partial charge in [0.15, 0.2) is 5.69 Å². The SMILES string of the molecule is CCn1ncc(Br)c1CNC(=O)Cn1nc(C(F)(F)F)c(Cl)c1C1CC1. The van der Waals surface area contributed by atoms with Gasteiger partial charge in [0.05, 0.1) is 33.6 Å². The minimum Gasteiger partial charge on any atom is -0.349 e. The number of rotatable bonds is 6. The Morgan fingerprint density at radius 1 is 1.42 bits per heavy atom. The maximum absolute atomic E-state index is 13.0. The number of amides is 1. The third-order valence-electron chi connectivity index (χ3n) is 4.11. The van der Waals surface area contributed by atoms with Crippen molar-refractivity contribution >= 4 is 33.4 Å². The Balaban J connectivity index is 1.74. The summed E-state index contributed by atoms with van der Waals surface area (Å²) in [6, 6.07) is 0. The molecule has 0 atom stereocenters. The number of hydrogen-bond acceptors (Lipinski definition) is 3. The molecule has 1 amide bonds. The number of aryl methyl sites for hydroxylation is 1. The molecule has 1 N–H and O–H groups in total. The average Bonchev–Trinajstić information content (AvgIpc) is 3.24. The van der Waals surface area contributed by atoms with Gasteiger partial charge in [-0.2, -0.15) is 23.4 Å². The molecule has 26 heavy (non-hydrogen) atoms. The molecular formula is C15H16BrClF3N5O. The summed E-state index contributed by atoms with van der Waals surface area (Å²) >= 11 is 9.25. The van der Waals surface area contributed by atoms with Crippen molar-refractivity contribution in [1.82, 2.24) is 24.9 Å². The summed E-state index contributed by atoms with van der Waals surface area (Å²) in [5.74, 6) is -0.523. The summed E-state index contributed by atoms with van der Waals surface area (Å²) in [5, 5.41) is 9.98. The lowest BCUT2D eigenvalue weighted by molar-refractivity contribution is -0.141. The zero-order valence-corrected chi connectivity index (χ0v) is 16.1. The third kappa shape index (κ3) is 3.90. The summed E-state index contributed by atoms with van der Waals surface area (Å²) < 4.78 is 42.7. The van der Waals surface area contributed by atoms with Crippen LogP contribution >= 0.6 is 27.5 Å². The highest BCUT2D eigenvalue weighted by Crippen LogP contribution is 2.46. The van der Waals surface area contributed by atoms with Crippen LogP contribution in [0.2, 0.25) is 5.02 Å². The predicted octanol–water partition coefficient (Wildman–Crippen LogP) is 3.73. The molecule has 6 nitrogen and oxygen atoms in total. The van der Waals surface area contributed by atoms with Crippen LogP contribution in [-0.2, 0) is 30.6 Å². The Kier molecular flexibility index (Phi) is 5.34. The molecule has 2 heterocycles. The van der Waals surface area contributed by atoms with Crippen LogP contribution in [-0.4, -0.2) is 25.5 Å². The molecule has 0 unspecified atom stereocenters. The topological polar surface area (TPSA) is 64.7 Å². The molecule has 0 bridgehead atoms. The van der Waals surface area contributed by atoms with Gasteiger partial charge < -0.3 is 5.32 Å². The standard InChI is InChI=1S/C15H16BrClF3N5O/c1-2-24-10(9(16)5-22-24)6-21-11(26)7-25-13(8-3-4-8)12(17)14(23-25)15(18,19)20/h5,8H,2-4,6-7H2,1H3,(H,21,26). The first-order chi connectivity index (χ1) is 12.2. The van der Waals surface area contributed by atoms with Crippen LogP contribution in [0.4, 0.5) is 13.2 Å². The Morgan fingerprint density at radius 2 is 2.12 bits per heavy atom. The average molecular weight is 455 g/mol. The molecule has 11 heteroatoms. The van der Waals surface area contributed by atoms with Gasteiger partial charge in [-0.25, -0.2) is 0 Å².